The second-order valence-corrected chi connectivity index (χ2v) is 9.37. The Morgan fingerprint density at radius 3 is 2.45 bits per heavy atom. The zero-order chi connectivity index (χ0) is 30.7. The summed E-state index contributed by atoms with van der Waals surface area (Å²) in [6.45, 7) is 2.54. The minimum absolute atomic E-state index is 0.00628. The molecule has 13 heteroatoms. The number of nitrogens with zero attached hydrogens (tertiary/aromatic N) is 1. The summed E-state index contributed by atoms with van der Waals surface area (Å²) >= 11 is 0. The third-order valence-corrected chi connectivity index (χ3v) is 6.11. The Hall–Kier alpha value is -5.20. The van der Waals surface area contributed by atoms with E-state index in [0.29, 0.717) is 27.6 Å². The van der Waals surface area contributed by atoms with Gasteiger partial charge in [0.1, 0.15) is 11.6 Å². The number of hydrogen-bond donors (Lipinski definition) is 4. The van der Waals surface area contributed by atoms with Crippen molar-refractivity contribution in [3.63, 3.8) is 0 Å². The van der Waals surface area contributed by atoms with Gasteiger partial charge >= 0.3 is 12.1 Å². The first kappa shape index (κ1) is 29.8. The minimum atomic E-state index is -5.52. The van der Waals surface area contributed by atoms with E-state index >= 15 is 4.39 Å². The number of anilines is 3. The fourth-order valence-electron chi connectivity index (χ4n) is 4.23. The Morgan fingerprint density at radius 1 is 0.976 bits per heavy atom. The Morgan fingerprint density at radius 2 is 1.74 bits per heavy atom. The van der Waals surface area contributed by atoms with Crippen molar-refractivity contribution in [2.45, 2.75) is 32.3 Å². The van der Waals surface area contributed by atoms with Crippen LogP contribution in [0.15, 0.2) is 72.9 Å². The molecule has 2 amide bonds. The van der Waals surface area contributed by atoms with Crippen LogP contribution in [0, 0.1) is 12.7 Å². The molecule has 0 spiro atoms. The van der Waals surface area contributed by atoms with Crippen molar-refractivity contribution >= 4 is 45.7 Å². The summed E-state index contributed by atoms with van der Waals surface area (Å²) in [7, 11) is 0. The average Bonchev–Trinajstić information content (AvgIpc) is 2.92. The highest BCUT2D eigenvalue weighted by Gasteiger charge is 2.53. The van der Waals surface area contributed by atoms with Gasteiger partial charge in [-0.1, -0.05) is 23.8 Å². The van der Waals surface area contributed by atoms with E-state index in [1.165, 1.54) is 50.4 Å². The maximum atomic E-state index is 15.4. The molecule has 0 bridgehead atoms. The summed E-state index contributed by atoms with van der Waals surface area (Å²) in [4.78, 5) is 41.5. The SMILES string of the molecule is CC(=O)Nc1cccc(CNC(=O)C(Nc2ccc3c(N)nccc3c2)(OC(=O)C(F)(F)F)c2cc(C)ccc2F)c1. The first-order valence-corrected chi connectivity index (χ1v) is 12.4. The molecule has 0 aliphatic carbocycles. The van der Waals surface area contributed by atoms with Crippen molar-refractivity contribution in [1.29, 1.82) is 0 Å². The van der Waals surface area contributed by atoms with Crippen LogP contribution < -0.4 is 21.7 Å². The van der Waals surface area contributed by atoms with E-state index in [9.17, 15) is 27.6 Å². The highest BCUT2D eigenvalue weighted by Crippen LogP contribution is 2.35. The zero-order valence-corrected chi connectivity index (χ0v) is 22.3. The van der Waals surface area contributed by atoms with Crippen molar-refractivity contribution in [3.8, 4) is 0 Å². The normalized spacial score (nSPS) is 12.7. The third kappa shape index (κ3) is 6.57. The predicted molar refractivity (Wildman–Crippen MR) is 147 cm³/mol. The number of alkyl halides is 3. The molecule has 0 fully saturated rings. The Labute approximate surface area is 237 Å². The number of carbonyl (C=O) groups is 3. The number of aryl methyl sites for hydroxylation is 1. The monoisotopic (exact) mass is 583 g/mol. The lowest BCUT2D eigenvalue weighted by Crippen LogP contribution is -2.55. The number of amides is 2. The topological polar surface area (TPSA) is 135 Å². The molecule has 0 saturated heterocycles. The van der Waals surface area contributed by atoms with Crippen molar-refractivity contribution in [2.75, 3.05) is 16.4 Å². The van der Waals surface area contributed by atoms with Crippen molar-refractivity contribution in [1.82, 2.24) is 10.3 Å². The van der Waals surface area contributed by atoms with Crippen LogP contribution in [0.3, 0.4) is 0 Å². The smallest absolute Gasteiger partial charge is 0.418 e. The number of esters is 1. The van der Waals surface area contributed by atoms with E-state index in [4.69, 9.17) is 10.5 Å². The van der Waals surface area contributed by atoms with Crippen LogP contribution in [0.1, 0.15) is 23.6 Å². The van der Waals surface area contributed by atoms with Gasteiger partial charge in [-0.2, -0.15) is 13.2 Å². The van der Waals surface area contributed by atoms with Gasteiger partial charge in [0.15, 0.2) is 0 Å². The summed E-state index contributed by atoms with van der Waals surface area (Å²) in [6, 6.07) is 15.5. The van der Waals surface area contributed by atoms with Crippen LogP contribution in [0.2, 0.25) is 0 Å². The summed E-state index contributed by atoms with van der Waals surface area (Å²) < 4.78 is 60.9. The minimum Gasteiger partial charge on any atom is -0.418 e. The Kier molecular flexibility index (Phi) is 8.31. The number of rotatable bonds is 8. The molecule has 42 heavy (non-hydrogen) atoms. The highest BCUT2D eigenvalue weighted by molar-refractivity contribution is 5.96. The molecule has 1 atom stereocenters. The maximum absolute atomic E-state index is 15.4. The molecular weight excluding hydrogens is 558 g/mol. The molecular formula is C29H25F4N5O4. The van der Waals surface area contributed by atoms with Crippen molar-refractivity contribution in [3.05, 3.63) is 95.4 Å². The molecule has 1 heterocycles. The van der Waals surface area contributed by atoms with E-state index in [-0.39, 0.29) is 24.0 Å². The number of ether oxygens (including phenoxy) is 1. The predicted octanol–water partition coefficient (Wildman–Crippen LogP) is 4.91. The molecule has 4 rings (SSSR count). The number of pyridine rings is 1. The molecule has 0 aliphatic heterocycles. The summed E-state index contributed by atoms with van der Waals surface area (Å²) in [6.07, 6.45) is -4.12. The number of aromatic nitrogens is 1. The largest absolute Gasteiger partial charge is 0.491 e. The molecule has 0 aliphatic rings. The number of nitrogens with one attached hydrogen (secondary N) is 3. The molecule has 3 aromatic carbocycles. The first-order valence-electron chi connectivity index (χ1n) is 12.4. The van der Waals surface area contributed by atoms with Crippen LogP contribution in [-0.2, 0) is 31.4 Å². The van der Waals surface area contributed by atoms with Gasteiger partial charge in [-0.3, -0.25) is 9.59 Å². The van der Waals surface area contributed by atoms with Crippen LogP contribution in [0.4, 0.5) is 34.8 Å². The van der Waals surface area contributed by atoms with Gasteiger partial charge in [0.05, 0.1) is 5.56 Å². The Balaban J connectivity index is 1.83. The van der Waals surface area contributed by atoms with Gasteiger partial charge in [-0.25, -0.2) is 14.2 Å². The number of benzene rings is 3. The number of carbonyl (C=O) groups excluding carboxylic acids is 3. The standard InChI is InChI=1S/C29H25F4N5O4/c1-16-6-9-24(30)23(12-16)28(42-27(41)29(31,32)33,38-21-7-8-22-19(14-21)10-11-35-25(22)34)26(40)36-15-18-4-3-5-20(13-18)37-17(2)39/h3-14,38H,15H2,1-2H3,(H2,34,35)(H,36,40)(H,37,39). The third-order valence-electron chi connectivity index (χ3n) is 6.11. The number of hydrogen-bond acceptors (Lipinski definition) is 7. The van der Waals surface area contributed by atoms with Crippen molar-refractivity contribution in [2.24, 2.45) is 0 Å². The molecule has 1 unspecified atom stereocenters. The molecule has 4 aromatic rings. The summed E-state index contributed by atoms with van der Waals surface area (Å²) in [5, 5.41) is 8.56. The first-order chi connectivity index (χ1) is 19.8. The molecule has 218 valence electrons. The fourth-order valence-corrected chi connectivity index (χ4v) is 4.23. The lowest BCUT2D eigenvalue weighted by atomic mass is 9.97. The Bertz CT molecular complexity index is 1680. The fraction of sp³-hybridized carbons (Fsp3) is 0.172. The molecule has 0 radical (unpaired) electrons. The maximum Gasteiger partial charge on any atom is 0.491 e. The van der Waals surface area contributed by atoms with Gasteiger partial charge in [0.2, 0.25) is 5.91 Å². The summed E-state index contributed by atoms with van der Waals surface area (Å²) in [5.41, 5.74) is 3.41. The lowest BCUT2D eigenvalue weighted by molar-refractivity contribution is -0.213. The zero-order valence-electron chi connectivity index (χ0n) is 22.3. The van der Waals surface area contributed by atoms with E-state index < -0.39 is 35.2 Å². The highest BCUT2D eigenvalue weighted by atomic mass is 19.4. The van der Waals surface area contributed by atoms with Gasteiger partial charge in [0.25, 0.3) is 11.6 Å². The van der Waals surface area contributed by atoms with E-state index in [1.807, 2.05) is 0 Å². The van der Waals surface area contributed by atoms with Crippen LogP contribution in [0.5, 0.6) is 0 Å². The summed E-state index contributed by atoms with van der Waals surface area (Å²) in [5.74, 6) is -5.31. The lowest BCUT2D eigenvalue weighted by Gasteiger charge is -2.34. The van der Waals surface area contributed by atoms with Gasteiger partial charge in [-0.05, 0) is 66.4 Å². The van der Waals surface area contributed by atoms with E-state index in [2.05, 4.69) is 20.9 Å². The van der Waals surface area contributed by atoms with Crippen LogP contribution in [-0.4, -0.2) is 28.9 Å². The van der Waals surface area contributed by atoms with Crippen LogP contribution in [0.25, 0.3) is 10.8 Å². The van der Waals surface area contributed by atoms with E-state index in [1.54, 1.807) is 24.3 Å². The number of nitrogens with two attached hydrogens (primary N) is 1. The molecule has 5 N–H and O–H groups in total. The number of fused-ring (bicyclic) bond motifs is 1. The van der Waals surface area contributed by atoms with Gasteiger partial charge < -0.3 is 26.4 Å². The quantitative estimate of drug-likeness (QED) is 0.132. The average molecular weight is 584 g/mol. The van der Waals surface area contributed by atoms with E-state index in [0.717, 1.165) is 12.1 Å². The molecule has 1 aromatic heterocycles. The van der Waals surface area contributed by atoms with Crippen molar-refractivity contribution < 1.29 is 36.7 Å². The second-order valence-electron chi connectivity index (χ2n) is 9.37. The van der Waals surface area contributed by atoms with Gasteiger partial charge in [-0.15, -0.1) is 0 Å². The molecule has 0 saturated carbocycles. The molecule has 9 nitrogen and oxygen atoms in total. The van der Waals surface area contributed by atoms with Gasteiger partial charge in [0, 0.05) is 36.4 Å². The second kappa shape index (κ2) is 11.7. The number of halogens is 4. The number of nitrogen functional groups attached to an aromatic ring is 1. The van der Waals surface area contributed by atoms with Crippen LogP contribution >= 0.6 is 0 Å².